The quantitative estimate of drug-likeness (QED) is 0.645. The molecule has 172 valence electrons. The minimum atomic E-state index is -0.514. The lowest BCUT2D eigenvalue weighted by molar-refractivity contribution is -0.114. The zero-order valence-electron chi connectivity index (χ0n) is 19.1. The number of hydrogen-bond donors (Lipinski definition) is 1. The van der Waals surface area contributed by atoms with E-state index in [0.717, 1.165) is 32.6 Å². The maximum absolute atomic E-state index is 14.3. The highest BCUT2D eigenvalue weighted by Gasteiger charge is 2.24. The van der Waals surface area contributed by atoms with E-state index in [1.807, 2.05) is 6.92 Å². The van der Waals surface area contributed by atoms with Crippen LogP contribution in [0.5, 0.6) is 0 Å². The summed E-state index contributed by atoms with van der Waals surface area (Å²) >= 11 is 1.35. The van der Waals surface area contributed by atoms with E-state index in [9.17, 15) is 19.7 Å². The first-order valence-corrected chi connectivity index (χ1v) is 11.9. The van der Waals surface area contributed by atoms with E-state index in [-0.39, 0.29) is 11.6 Å². The van der Waals surface area contributed by atoms with Crippen molar-refractivity contribution in [2.24, 2.45) is 0 Å². The number of nitrogens with one attached hydrogen (secondary N) is 1. The minimum absolute atomic E-state index is 0.132. The zero-order valence-corrected chi connectivity index (χ0v) is 19.9. The third kappa shape index (κ3) is 5.81. The molecule has 1 N–H and O–H groups in total. The number of amides is 1. The van der Waals surface area contributed by atoms with Crippen LogP contribution in [0.4, 0.5) is 15.9 Å². The van der Waals surface area contributed by atoms with Crippen molar-refractivity contribution in [2.45, 2.75) is 37.5 Å². The molecule has 7 nitrogen and oxygen atoms in total. The van der Waals surface area contributed by atoms with Gasteiger partial charge in [-0.25, -0.2) is 9.37 Å². The number of hydrogen-bond acceptors (Lipinski definition) is 7. The molecular formula is C24H27FN6OS. The number of rotatable bonds is 6. The Labute approximate surface area is 198 Å². The van der Waals surface area contributed by atoms with Gasteiger partial charge in [0.25, 0.3) is 0 Å². The van der Waals surface area contributed by atoms with Crippen molar-refractivity contribution in [2.75, 3.05) is 43.4 Å². The van der Waals surface area contributed by atoms with Crippen molar-refractivity contribution in [1.82, 2.24) is 9.88 Å². The van der Waals surface area contributed by atoms with Gasteiger partial charge >= 0.3 is 0 Å². The van der Waals surface area contributed by atoms with Crippen molar-refractivity contribution in [1.29, 1.82) is 10.5 Å². The van der Waals surface area contributed by atoms with Crippen molar-refractivity contribution >= 4 is 29.2 Å². The molecule has 9 heteroatoms. The standard InChI is InChI=1S/C24H27FN6OS/c1-4-18-19(13-26)23(31-9-5-8-30(3)10-11-31)29-24(20(18)14-27)33-15-17-6-7-22(21(25)12-17)28-16(2)32/h6-7,12H,4-5,8-11,15H2,1-3H3,(H,28,32). The normalized spacial score (nSPS) is 14.3. The van der Waals surface area contributed by atoms with Gasteiger partial charge in [0.05, 0.1) is 16.8 Å². The second-order valence-electron chi connectivity index (χ2n) is 7.97. The Morgan fingerprint density at radius 1 is 1.21 bits per heavy atom. The van der Waals surface area contributed by atoms with E-state index in [1.165, 1.54) is 30.8 Å². The van der Waals surface area contributed by atoms with Crippen LogP contribution in [0.2, 0.25) is 0 Å². The lowest BCUT2D eigenvalue weighted by Crippen LogP contribution is -2.30. The van der Waals surface area contributed by atoms with Gasteiger partial charge in [-0.3, -0.25) is 4.79 Å². The van der Waals surface area contributed by atoms with Crippen LogP contribution in [0.25, 0.3) is 0 Å². The van der Waals surface area contributed by atoms with E-state index in [2.05, 4.69) is 34.3 Å². The van der Waals surface area contributed by atoms with Gasteiger partial charge < -0.3 is 15.1 Å². The molecule has 1 aliphatic rings. The molecule has 0 unspecified atom stereocenters. The molecule has 0 atom stereocenters. The third-order valence-electron chi connectivity index (χ3n) is 5.56. The summed E-state index contributed by atoms with van der Waals surface area (Å²) in [6.07, 6.45) is 1.51. The molecule has 0 aliphatic carbocycles. The second kappa shape index (κ2) is 11.1. The molecular weight excluding hydrogens is 439 g/mol. The highest BCUT2D eigenvalue weighted by Crippen LogP contribution is 2.34. The van der Waals surface area contributed by atoms with Crippen LogP contribution in [0.3, 0.4) is 0 Å². The summed E-state index contributed by atoms with van der Waals surface area (Å²) in [6.45, 7) is 6.66. The largest absolute Gasteiger partial charge is 0.354 e. The van der Waals surface area contributed by atoms with Gasteiger partial charge in [0.2, 0.25) is 5.91 Å². The Morgan fingerprint density at radius 2 is 1.97 bits per heavy atom. The van der Waals surface area contributed by atoms with Crippen LogP contribution in [0.1, 0.15) is 42.5 Å². The lowest BCUT2D eigenvalue weighted by atomic mass is 10.0. The number of anilines is 2. The number of likely N-dealkylation sites (N-methyl/N-ethyl adjacent to an activating group) is 1. The fourth-order valence-corrected chi connectivity index (χ4v) is 4.81. The Bertz CT molecular complexity index is 1120. The molecule has 3 rings (SSSR count). The van der Waals surface area contributed by atoms with Crippen LogP contribution in [-0.2, 0) is 17.0 Å². The molecule has 0 spiro atoms. The van der Waals surface area contributed by atoms with Crippen molar-refractivity contribution in [3.05, 3.63) is 46.3 Å². The molecule has 1 aromatic heterocycles. The number of pyridine rings is 1. The number of nitrogens with zero attached hydrogens (tertiary/aromatic N) is 5. The Morgan fingerprint density at radius 3 is 2.61 bits per heavy atom. The molecule has 1 fully saturated rings. The van der Waals surface area contributed by atoms with Crippen molar-refractivity contribution in [3.8, 4) is 12.1 Å². The van der Waals surface area contributed by atoms with E-state index in [0.29, 0.717) is 45.3 Å². The summed E-state index contributed by atoms with van der Waals surface area (Å²) in [7, 11) is 2.08. The van der Waals surface area contributed by atoms with Crippen molar-refractivity contribution < 1.29 is 9.18 Å². The van der Waals surface area contributed by atoms with Crippen molar-refractivity contribution in [3.63, 3.8) is 0 Å². The van der Waals surface area contributed by atoms with E-state index in [1.54, 1.807) is 6.07 Å². The number of carbonyl (C=O) groups is 1. The van der Waals surface area contributed by atoms with Gasteiger partial charge in [-0.1, -0.05) is 13.0 Å². The van der Waals surface area contributed by atoms with Gasteiger partial charge in [0.15, 0.2) is 0 Å². The Hall–Kier alpha value is -3.14. The molecule has 1 aromatic carbocycles. The maximum Gasteiger partial charge on any atom is 0.221 e. The van der Waals surface area contributed by atoms with Gasteiger partial charge in [-0.05, 0) is 49.7 Å². The summed E-state index contributed by atoms with van der Waals surface area (Å²) in [4.78, 5) is 20.4. The molecule has 2 aromatic rings. The smallest absolute Gasteiger partial charge is 0.221 e. The number of halogens is 1. The molecule has 0 radical (unpaired) electrons. The van der Waals surface area contributed by atoms with Gasteiger partial charge in [0.1, 0.15) is 28.8 Å². The van der Waals surface area contributed by atoms with E-state index in [4.69, 9.17) is 4.98 Å². The molecule has 1 aliphatic heterocycles. The molecule has 2 heterocycles. The topological polar surface area (TPSA) is 96.0 Å². The molecule has 1 amide bonds. The summed E-state index contributed by atoms with van der Waals surface area (Å²) in [5.74, 6) is 0.172. The zero-order chi connectivity index (χ0) is 24.0. The van der Waals surface area contributed by atoms with E-state index < -0.39 is 5.82 Å². The maximum atomic E-state index is 14.3. The first-order valence-electron chi connectivity index (χ1n) is 10.9. The predicted molar refractivity (Wildman–Crippen MR) is 128 cm³/mol. The highest BCUT2D eigenvalue weighted by molar-refractivity contribution is 7.98. The van der Waals surface area contributed by atoms with Gasteiger partial charge in [0, 0.05) is 32.3 Å². The van der Waals surface area contributed by atoms with Gasteiger partial charge in [-0.15, -0.1) is 11.8 Å². The number of thioether (sulfide) groups is 1. The fraction of sp³-hybridized carbons (Fsp3) is 0.417. The first-order chi connectivity index (χ1) is 15.9. The highest BCUT2D eigenvalue weighted by atomic mass is 32.2. The second-order valence-corrected chi connectivity index (χ2v) is 8.94. The lowest BCUT2D eigenvalue weighted by Gasteiger charge is -2.25. The first kappa shape index (κ1) is 24.5. The molecule has 0 saturated carbocycles. The van der Waals surface area contributed by atoms with Crippen LogP contribution < -0.4 is 10.2 Å². The van der Waals surface area contributed by atoms with Crippen LogP contribution in [-0.4, -0.2) is 49.0 Å². The molecule has 1 saturated heterocycles. The van der Waals surface area contributed by atoms with Crippen LogP contribution >= 0.6 is 11.8 Å². The SMILES string of the molecule is CCc1c(C#N)c(SCc2ccc(NC(C)=O)c(F)c2)nc(N2CCCN(C)CC2)c1C#N. The van der Waals surface area contributed by atoms with E-state index >= 15 is 0 Å². The summed E-state index contributed by atoms with van der Waals surface area (Å²) in [5.41, 5.74) is 2.42. The summed E-state index contributed by atoms with van der Waals surface area (Å²) in [5, 5.41) is 22.8. The number of aromatic nitrogens is 1. The van der Waals surface area contributed by atoms with Gasteiger partial charge in [-0.2, -0.15) is 10.5 Å². The number of carbonyl (C=O) groups excluding carboxylic acids is 1. The third-order valence-corrected chi connectivity index (χ3v) is 6.61. The summed E-state index contributed by atoms with van der Waals surface area (Å²) in [6, 6.07) is 9.16. The Kier molecular flexibility index (Phi) is 8.26. The number of benzene rings is 1. The molecule has 33 heavy (non-hydrogen) atoms. The average molecular weight is 467 g/mol. The molecule has 0 bridgehead atoms. The number of nitriles is 2. The monoisotopic (exact) mass is 466 g/mol. The fourth-order valence-electron chi connectivity index (χ4n) is 3.87. The Balaban J connectivity index is 1.94. The van der Waals surface area contributed by atoms with Crippen LogP contribution in [0, 0.1) is 28.5 Å². The predicted octanol–water partition coefficient (Wildman–Crippen LogP) is 3.92. The van der Waals surface area contributed by atoms with Crippen LogP contribution in [0.15, 0.2) is 23.2 Å². The average Bonchev–Trinajstić information content (AvgIpc) is 3.02. The summed E-state index contributed by atoms with van der Waals surface area (Å²) < 4.78 is 14.3. The minimum Gasteiger partial charge on any atom is -0.354 e.